The van der Waals surface area contributed by atoms with E-state index in [0.29, 0.717) is 0 Å². The van der Waals surface area contributed by atoms with Crippen molar-refractivity contribution < 1.29 is 13.2 Å². The molecule has 0 spiro atoms. The molecule has 1 heterocycles. The molecule has 0 N–H and O–H groups in total. The second kappa shape index (κ2) is 3.10. The fraction of sp³-hybridized carbons (Fsp3) is 0.333. The van der Waals surface area contributed by atoms with E-state index < -0.39 is 11.7 Å². The number of hydrogen-bond donors (Lipinski definition) is 0. The molecule has 0 aromatic rings. The zero-order valence-corrected chi connectivity index (χ0v) is 9.03. The lowest BCUT2D eigenvalue weighted by Gasteiger charge is -2.18. The molecular weight excluding hydrogens is 317 g/mol. The summed E-state index contributed by atoms with van der Waals surface area (Å²) in [4.78, 5) is 3.20. The second-order valence-corrected chi connectivity index (χ2v) is 3.88. The van der Waals surface area contributed by atoms with Crippen LogP contribution in [0.15, 0.2) is 15.6 Å². The number of nitriles is 1. The van der Waals surface area contributed by atoms with E-state index in [1.165, 1.54) is 0 Å². The molecule has 1 unspecified atom stereocenters. The second-order valence-electron chi connectivity index (χ2n) is 2.27. The van der Waals surface area contributed by atoms with E-state index in [-0.39, 0.29) is 9.10 Å². The van der Waals surface area contributed by atoms with Crippen molar-refractivity contribution in [3.05, 3.63) is 10.6 Å². The minimum atomic E-state index is -4.70. The van der Waals surface area contributed by atoms with E-state index in [4.69, 9.17) is 5.26 Å². The lowest BCUT2D eigenvalue weighted by Crippen LogP contribution is -2.39. The Morgan fingerprint density at radius 3 is 2.15 bits per heavy atom. The number of halogens is 5. The third kappa shape index (κ3) is 1.65. The van der Waals surface area contributed by atoms with E-state index in [9.17, 15) is 13.2 Å². The standard InChI is InChI=1S/C6HBr2F3N2/c7-3-1-5(2-12,6(9,10)11)13-4(3)8/h1H. The zero-order valence-electron chi connectivity index (χ0n) is 5.86. The van der Waals surface area contributed by atoms with Crippen molar-refractivity contribution in [2.45, 2.75) is 11.7 Å². The lowest BCUT2D eigenvalue weighted by molar-refractivity contribution is -0.154. The molecule has 0 amide bonds. The van der Waals surface area contributed by atoms with E-state index in [2.05, 4.69) is 36.9 Å². The normalized spacial score (nSPS) is 28.0. The number of aliphatic imine (C=N–C) groups is 1. The Balaban J connectivity index is 3.25. The molecule has 0 radical (unpaired) electrons. The number of alkyl halides is 3. The van der Waals surface area contributed by atoms with Crippen LogP contribution in [0, 0.1) is 11.3 Å². The highest BCUT2D eigenvalue weighted by Crippen LogP contribution is 2.41. The van der Waals surface area contributed by atoms with Crippen LogP contribution in [0.3, 0.4) is 0 Å². The first-order chi connectivity index (χ1) is 5.82. The van der Waals surface area contributed by atoms with Gasteiger partial charge in [0.1, 0.15) is 10.7 Å². The van der Waals surface area contributed by atoms with Gasteiger partial charge >= 0.3 is 6.18 Å². The van der Waals surface area contributed by atoms with E-state index in [1.54, 1.807) is 0 Å². The third-order valence-corrected chi connectivity index (χ3v) is 3.15. The quantitative estimate of drug-likeness (QED) is 0.676. The topological polar surface area (TPSA) is 36.1 Å². The van der Waals surface area contributed by atoms with Crippen LogP contribution in [0.1, 0.15) is 0 Å². The first-order valence-corrected chi connectivity index (χ1v) is 4.53. The summed E-state index contributed by atoms with van der Waals surface area (Å²) in [6, 6.07) is 1.13. The summed E-state index contributed by atoms with van der Waals surface area (Å²) >= 11 is 5.64. The molecule has 0 aliphatic carbocycles. The summed E-state index contributed by atoms with van der Waals surface area (Å²) in [5, 5.41) is 8.42. The average Bonchev–Trinajstić information content (AvgIpc) is 2.28. The molecule has 0 saturated carbocycles. The molecule has 0 fully saturated rings. The van der Waals surface area contributed by atoms with Crippen molar-refractivity contribution >= 4 is 36.5 Å². The maximum atomic E-state index is 12.3. The van der Waals surface area contributed by atoms with Crippen LogP contribution in [0.4, 0.5) is 13.2 Å². The highest BCUT2D eigenvalue weighted by Gasteiger charge is 2.57. The first kappa shape index (κ1) is 10.7. The van der Waals surface area contributed by atoms with Gasteiger partial charge in [-0.05, 0) is 37.9 Å². The predicted molar refractivity (Wildman–Crippen MR) is 47.8 cm³/mol. The number of hydrogen-bond acceptors (Lipinski definition) is 2. The zero-order chi connectivity index (χ0) is 10.3. The molecule has 7 heteroatoms. The maximum absolute atomic E-state index is 12.3. The Bertz CT molecular complexity index is 319. The fourth-order valence-electron chi connectivity index (χ4n) is 0.749. The first-order valence-electron chi connectivity index (χ1n) is 2.94. The number of allylic oxidation sites excluding steroid dienone is 1. The van der Waals surface area contributed by atoms with Crippen LogP contribution < -0.4 is 0 Å². The molecule has 0 aromatic carbocycles. The number of nitrogens with zero attached hydrogens (tertiary/aromatic N) is 2. The molecule has 1 aliphatic rings. The predicted octanol–water partition coefficient (Wildman–Crippen LogP) is 2.90. The smallest absolute Gasteiger partial charge is 0.241 e. The Morgan fingerprint density at radius 1 is 1.46 bits per heavy atom. The number of rotatable bonds is 0. The molecule has 1 aliphatic heterocycles. The third-order valence-electron chi connectivity index (χ3n) is 1.41. The summed E-state index contributed by atoms with van der Waals surface area (Å²) in [5.41, 5.74) is -2.75. The van der Waals surface area contributed by atoms with Crippen molar-refractivity contribution in [2.24, 2.45) is 4.99 Å². The van der Waals surface area contributed by atoms with Gasteiger partial charge in [-0.15, -0.1) is 0 Å². The highest BCUT2D eigenvalue weighted by molar-refractivity contribution is 9.20. The molecule has 13 heavy (non-hydrogen) atoms. The van der Waals surface area contributed by atoms with Crippen LogP contribution >= 0.6 is 31.9 Å². The molecular formula is C6HBr2F3N2. The molecule has 1 rings (SSSR count). The highest BCUT2D eigenvalue weighted by atomic mass is 79.9. The van der Waals surface area contributed by atoms with Crippen molar-refractivity contribution in [3.63, 3.8) is 0 Å². The Hall–Kier alpha value is -0.350. The fourth-order valence-corrected chi connectivity index (χ4v) is 1.56. The van der Waals surface area contributed by atoms with Crippen molar-refractivity contribution in [1.29, 1.82) is 5.26 Å². The van der Waals surface area contributed by atoms with Gasteiger partial charge in [-0.25, -0.2) is 4.99 Å². The lowest BCUT2D eigenvalue weighted by atomic mass is 10.0. The molecule has 70 valence electrons. The van der Waals surface area contributed by atoms with Gasteiger partial charge in [-0.3, -0.25) is 0 Å². The summed E-state index contributed by atoms with van der Waals surface area (Å²) in [6.45, 7) is 0. The SMILES string of the molecule is N#CC1(C(F)(F)F)C=C(Br)C(Br)=N1. The largest absolute Gasteiger partial charge is 0.430 e. The van der Waals surface area contributed by atoms with E-state index in [0.717, 1.165) is 12.1 Å². The van der Waals surface area contributed by atoms with Gasteiger partial charge in [0.2, 0.25) is 0 Å². The van der Waals surface area contributed by atoms with Gasteiger partial charge in [0.25, 0.3) is 5.54 Å². The molecule has 0 saturated heterocycles. The van der Waals surface area contributed by atoms with Crippen molar-refractivity contribution in [1.82, 2.24) is 0 Å². The minimum Gasteiger partial charge on any atom is -0.241 e. The van der Waals surface area contributed by atoms with Gasteiger partial charge in [0.15, 0.2) is 0 Å². The molecule has 0 bridgehead atoms. The molecule has 1 atom stereocenters. The van der Waals surface area contributed by atoms with Crippen LogP contribution in [0.5, 0.6) is 0 Å². The summed E-state index contributed by atoms with van der Waals surface area (Å²) in [7, 11) is 0. The van der Waals surface area contributed by atoms with E-state index in [1.807, 2.05) is 0 Å². The summed E-state index contributed by atoms with van der Waals surface area (Å²) in [5.74, 6) is 0. The minimum absolute atomic E-state index is 0.00799. The van der Waals surface area contributed by atoms with Gasteiger partial charge in [0, 0.05) is 4.48 Å². The van der Waals surface area contributed by atoms with Gasteiger partial charge in [-0.1, -0.05) is 0 Å². The van der Waals surface area contributed by atoms with Crippen LogP contribution in [0.25, 0.3) is 0 Å². The van der Waals surface area contributed by atoms with Crippen LogP contribution in [-0.2, 0) is 0 Å². The van der Waals surface area contributed by atoms with Gasteiger partial charge in [0.05, 0.1) is 0 Å². The van der Waals surface area contributed by atoms with Crippen LogP contribution in [0.2, 0.25) is 0 Å². The summed E-state index contributed by atoms with van der Waals surface area (Å²) in [6.07, 6.45) is -3.98. The Morgan fingerprint density at radius 2 is 2.00 bits per heavy atom. The monoisotopic (exact) mass is 316 g/mol. The van der Waals surface area contributed by atoms with Crippen molar-refractivity contribution in [3.8, 4) is 6.07 Å². The Kier molecular flexibility index (Phi) is 2.56. The van der Waals surface area contributed by atoms with E-state index >= 15 is 0 Å². The maximum Gasteiger partial charge on any atom is 0.430 e. The Labute approximate surface area is 88.4 Å². The molecule has 2 nitrogen and oxygen atoms in total. The van der Waals surface area contributed by atoms with Gasteiger partial charge < -0.3 is 0 Å². The van der Waals surface area contributed by atoms with Crippen molar-refractivity contribution in [2.75, 3.05) is 0 Å². The molecule has 0 aromatic heterocycles. The van der Waals surface area contributed by atoms with Gasteiger partial charge in [-0.2, -0.15) is 18.4 Å². The summed E-state index contributed by atoms with van der Waals surface area (Å²) < 4.78 is 37.2. The van der Waals surface area contributed by atoms with Crippen LogP contribution in [-0.4, -0.2) is 16.3 Å². The average molecular weight is 318 g/mol.